The molecule has 0 radical (unpaired) electrons. The fourth-order valence-electron chi connectivity index (χ4n) is 4.26. The summed E-state index contributed by atoms with van der Waals surface area (Å²) in [6.07, 6.45) is 1.50. The van der Waals surface area contributed by atoms with Crippen molar-refractivity contribution in [2.45, 2.75) is 46.1 Å². The molecule has 4 rings (SSSR count). The van der Waals surface area contributed by atoms with Crippen molar-refractivity contribution in [3.8, 4) is 6.07 Å². The molecule has 0 bridgehead atoms. The van der Waals surface area contributed by atoms with E-state index < -0.39 is 12.1 Å². The van der Waals surface area contributed by atoms with E-state index in [9.17, 15) is 10.1 Å². The Balaban J connectivity index is 1.83. The van der Waals surface area contributed by atoms with Gasteiger partial charge in [0.1, 0.15) is 5.76 Å². The fraction of sp³-hybridized carbons (Fsp3) is 0.250. The van der Waals surface area contributed by atoms with Crippen LogP contribution >= 0.6 is 0 Å². The second-order valence-corrected chi connectivity index (χ2v) is 8.64. The van der Waals surface area contributed by atoms with Crippen LogP contribution in [0.15, 0.2) is 83.5 Å². The molecule has 0 fully saturated rings. The fourth-order valence-corrected chi connectivity index (χ4v) is 4.26. The molecule has 1 aromatic heterocycles. The number of carbonyl (C=O) groups is 1. The molecular weight excluding hydrogens is 426 g/mol. The van der Waals surface area contributed by atoms with Crippen molar-refractivity contribution in [1.82, 2.24) is 10.3 Å². The second kappa shape index (κ2) is 9.80. The van der Waals surface area contributed by atoms with Crippen LogP contribution in [0.4, 0.5) is 4.79 Å². The Kier molecular flexibility index (Phi) is 6.65. The molecule has 0 saturated carbocycles. The highest BCUT2D eigenvalue weighted by Crippen LogP contribution is 2.41. The maximum absolute atomic E-state index is 12.4. The average Bonchev–Trinajstić information content (AvgIpc) is 2.80. The summed E-state index contributed by atoms with van der Waals surface area (Å²) in [6, 6.07) is 20.4. The molecular formula is C28H27N3O3. The van der Waals surface area contributed by atoms with E-state index in [0.29, 0.717) is 17.0 Å². The van der Waals surface area contributed by atoms with Crippen LogP contribution in [0.3, 0.4) is 0 Å². The van der Waals surface area contributed by atoms with Crippen molar-refractivity contribution in [1.29, 1.82) is 5.26 Å². The third-order valence-electron chi connectivity index (χ3n) is 5.72. The third-order valence-corrected chi connectivity index (χ3v) is 5.72. The Hall–Kier alpha value is -4.11. The first kappa shape index (κ1) is 23.1. The summed E-state index contributed by atoms with van der Waals surface area (Å²) in [4.78, 5) is 17.1. The van der Waals surface area contributed by atoms with Crippen molar-refractivity contribution >= 4 is 17.1 Å². The molecule has 2 heterocycles. The van der Waals surface area contributed by atoms with Crippen molar-refractivity contribution in [2.75, 3.05) is 0 Å². The van der Waals surface area contributed by atoms with Crippen LogP contribution in [0.1, 0.15) is 50.3 Å². The number of hydrogen-bond acceptors (Lipinski definition) is 6. The average molecular weight is 454 g/mol. The normalized spacial score (nSPS) is 15.8. The van der Waals surface area contributed by atoms with Crippen molar-refractivity contribution in [3.63, 3.8) is 0 Å². The molecule has 6 nitrogen and oxygen atoms in total. The van der Waals surface area contributed by atoms with E-state index in [1.807, 2.05) is 56.4 Å². The van der Waals surface area contributed by atoms with E-state index in [1.54, 1.807) is 13.8 Å². The molecule has 1 aliphatic heterocycles. The van der Waals surface area contributed by atoms with Gasteiger partial charge in [0.15, 0.2) is 0 Å². The molecule has 1 atom stereocenters. The van der Waals surface area contributed by atoms with Gasteiger partial charge in [0, 0.05) is 17.3 Å². The first-order chi connectivity index (χ1) is 16.4. The van der Waals surface area contributed by atoms with Gasteiger partial charge < -0.3 is 14.8 Å². The van der Waals surface area contributed by atoms with E-state index >= 15 is 0 Å². The smallest absolute Gasteiger partial charge is 0.431 e. The van der Waals surface area contributed by atoms with Gasteiger partial charge >= 0.3 is 6.16 Å². The molecule has 1 unspecified atom stereocenters. The Morgan fingerprint density at radius 3 is 2.56 bits per heavy atom. The number of hydrogen-bond donors (Lipinski definition) is 1. The Bertz CT molecular complexity index is 1330. The SMILES string of the molecule is CC1=C(C#N)C(c2cccc3ncc(Cc4ccccc4)cc23)C(OC(=O)OC(C)C)=C(C)N1. The molecule has 34 heavy (non-hydrogen) atoms. The minimum Gasteiger partial charge on any atom is -0.431 e. The summed E-state index contributed by atoms with van der Waals surface area (Å²) < 4.78 is 10.9. The number of nitriles is 1. The van der Waals surface area contributed by atoms with Gasteiger partial charge in [0.2, 0.25) is 0 Å². The highest BCUT2D eigenvalue weighted by molar-refractivity contribution is 5.85. The molecule has 0 spiro atoms. The Labute approximate surface area is 199 Å². The lowest BCUT2D eigenvalue weighted by molar-refractivity contribution is 0.0500. The largest absolute Gasteiger partial charge is 0.513 e. The molecule has 3 aromatic rings. The minimum atomic E-state index is -0.795. The number of pyridine rings is 1. The summed E-state index contributed by atoms with van der Waals surface area (Å²) in [6.45, 7) is 7.19. The highest BCUT2D eigenvalue weighted by atomic mass is 16.7. The summed E-state index contributed by atoms with van der Waals surface area (Å²) in [5.41, 5.74) is 5.77. The standard InChI is InChI=1S/C28H27N3O3/c1-17(2)33-28(32)34-27-19(4)31-18(3)24(15-29)26(27)22-11-8-12-25-23(22)14-21(16-30-25)13-20-9-6-5-7-10-20/h5-12,14,16-17,26,31H,13H2,1-4H3. The van der Waals surface area contributed by atoms with Gasteiger partial charge in [-0.3, -0.25) is 4.98 Å². The molecule has 1 N–H and O–H groups in total. The van der Waals surface area contributed by atoms with Gasteiger partial charge in [0.05, 0.1) is 34.9 Å². The summed E-state index contributed by atoms with van der Waals surface area (Å²) >= 11 is 0. The predicted octanol–water partition coefficient (Wildman–Crippen LogP) is 6.10. The van der Waals surface area contributed by atoms with Crippen molar-refractivity contribution < 1.29 is 14.3 Å². The summed E-state index contributed by atoms with van der Waals surface area (Å²) in [5, 5.41) is 14.1. The van der Waals surface area contributed by atoms with Crippen LogP contribution in [0.5, 0.6) is 0 Å². The Morgan fingerprint density at radius 1 is 1.09 bits per heavy atom. The third kappa shape index (κ3) is 4.79. The number of fused-ring (bicyclic) bond motifs is 1. The zero-order valence-corrected chi connectivity index (χ0v) is 19.8. The van der Waals surface area contributed by atoms with E-state index in [4.69, 9.17) is 9.47 Å². The molecule has 6 heteroatoms. The zero-order valence-electron chi connectivity index (χ0n) is 19.8. The minimum absolute atomic E-state index is 0.321. The number of nitrogens with zero attached hydrogens (tertiary/aromatic N) is 2. The van der Waals surface area contributed by atoms with Crippen LogP contribution in [0.2, 0.25) is 0 Å². The maximum Gasteiger partial charge on any atom is 0.513 e. The van der Waals surface area contributed by atoms with Gasteiger partial charge in [-0.1, -0.05) is 42.5 Å². The molecule has 172 valence electrons. The van der Waals surface area contributed by atoms with Crippen LogP contribution in [-0.2, 0) is 15.9 Å². The lowest BCUT2D eigenvalue weighted by Crippen LogP contribution is -2.27. The number of rotatable bonds is 5. The number of carbonyl (C=O) groups excluding carboxylic acids is 1. The summed E-state index contributed by atoms with van der Waals surface area (Å²) in [5.74, 6) is -0.211. The number of aromatic nitrogens is 1. The number of allylic oxidation sites excluding steroid dienone is 3. The molecule has 0 saturated heterocycles. The van der Waals surface area contributed by atoms with Gasteiger partial charge in [-0.25, -0.2) is 4.79 Å². The van der Waals surface area contributed by atoms with Gasteiger partial charge in [-0.15, -0.1) is 0 Å². The highest BCUT2D eigenvalue weighted by Gasteiger charge is 2.34. The number of benzene rings is 2. The van der Waals surface area contributed by atoms with E-state index in [2.05, 4.69) is 34.6 Å². The molecule has 0 amide bonds. The quantitative estimate of drug-likeness (QED) is 0.470. The van der Waals surface area contributed by atoms with Crippen LogP contribution < -0.4 is 5.32 Å². The van der Waals surface area contributed by atoms with Gasteiger partial charge in [-0.2, -0.15) is 5.26 Å². The first-order valence-corrected chi connectivity index (χ1v) is 11.3. The van der Waals surface area contributed by atoms with Gasteiger partial charge in [0.25, 0.3) is 0 Å². The zero-order chi connectivity index (χ0) is 24.2. The van der Waals surface area contributed by atoms with E-state index in [0.717, 1.165) is 34.1 Å². The Morgan fingerprint density at radius 2 is 1.85 bits per heavy atom. The lowest BCUT2D eigenvalue weighted by atomic mass is 9.83. The topological polar surface area (TPSA) is 84.2 Å². The van der Waals surface area contributed by atoms with Crippen molar-refractivity contribution in [2.24, 2.45) is 0 Å². The van der Waals surface area contributed by atoms with E-state index in [-0.39, 0.29) is 6.10 Å². The van der Waals surface area contributed by atoms with Crippen LogP contribution in [0.25, 0.3) is 10.9 Å². The number of dihydropyridines is 1. The van der Waals surface area contributed by atoms with Crippen molar-refractivity contribution in [3.05, 3.63) is 100 Å². The van der Waals surface area contributed by atoms with E-state index in [1.165, 1.54) is 5.56 Å². The molecule has 0 aliphatic carbocycles. The lowest BCUT2D eigenvalue weighted by Gasteiger charge is -2.29. The molecule has 1 aliphatic rings. The summed E-state index contributed by atoms with van der Waals surface area (Å²) in [7, 11) is 0. The number of nitrogens with one attached hydrogen (secondary N) is 1. The van der Waals surface area contributed by atoms with Crippen LogP contribution in [-0.4, -0.2) is 17.2 Å². The monoisotopic (exact) mass is 453 g/mol. The van der Waals surface area contributed by atoms with Gasteiger partial charge in [-0.05, 0) is 62.9 Å². The first-order valence-electron chi connectivity index (χ1n) is 11.3. The maximum atomic E-state index is 12.4. The second-order valence-electron chi connectivity index (χ2n) is 8.64. The number of ether oxygens (including phenoxy) is 2. The molecule has 2 aromatic carbocycles. The van der Waals surface area contributed by atoms with Crippen LogP contribution in [0, 0.1) is 11.3 Å². The predicted molar refractivity (Wildman–Crippen MR) is 131 cm³/mol.